The highest BCUT2D eigenvalue weighted by molar-refractivity contribution is 14.1. The normalized spacial score (nSPS) is 11.1. The van der Waals surface area contributed by atoms with Gasteiger partial charge in [-0.25, -0.2) is 19.6 Å². The molecule has 1 amide bonds. The lowest BCUT2D eigenvalue weighted by Crippen LogP contribution is -2.27. The standard InChI is InChI=1S/C22H23IN4O4/c1-22(2,3)31-21(29)25-15-7-5-6-13(10-15)12-24-18-16-11-14(23)8-9-17(16)26-19(27-18)20(28)30-4/h5-11H,12H2,1-4H3,(H,25,29)(H,24,26,27). The number of nitrogens with one attached hydrogen (secondary N) is 2. The van der Waals surface area contributed by atoms with Crippen LogP contribution in [0, 0.1) is 3.57 Å². The van der Waals surface area contributed by atoms with Crippen molar-refractivity contribution in [2.45, 2.75) is 32.9 Å². The number of hydrogen-bond acceptors (Lipinski definition) is 7. The first-order valence-corrected chi connectivity index (χ1v) is 10.6. The van der Waals surface area contributed by atoms with E-state index >= 15 is 0 Å². The number of methoxy groups -OCH3 is 1. The minimum absolute atomic E-state index is 0.0148. The van der Waals surface area contributed by atoms with Crippen LogP contribution in [0.2, 0.25) is 0 Å². The molecular weight excluding hydrogens is 511 g/mol. The first kappa shape index (κ1) is 22.7. The zero-order valence-electron chi connectivity index (χ0n) is 17.7. The van der Waals surface area contributed by atoms with Gasteiger partial charge in [-0.3, -0.25) is 5.32 Å². The summed E-state index contributed by atoms with van der Waals surface area (Å²) in [5.41, 5.74) is 1.58. The summed E-state index contributed by atoms with van der Waals surface area (Å²) in [7, 11) is 1.29. The lowest BCUT2D eigenvalue weighted by atomic mass is 10.2. The van der Waals surface area contributed by atoms with Crippen LogP contribution in [0.15, 0.2) is 42.5 Å². The number of hydrogen-bond donors (Lipinski definition) is 2. The van der Waals surface area contributed by atoms with Gasteiger partial charge in [0.15, 0.2) is 0 Å². The molecule has 0 aliphatic heterocycles. The van der Waals surface area contributed by atoms with Gasteiger partial charge in [0.25, 0.3) is 0 Å². The molecule has 9 heteroatoms. The van der Waals surface area contributed by atoms with Crippen LogP contribution in [-0.4, -0.2) is 34.7 Å². The van der Waals surface area contributed by atoms with Crippen LogP contribution in [-0.2, 0) is 16.0 Å². The average Bonchev–Trinajstić information content (AvgIpc) is 2.70. The van der Waals surface area contributed by atoms with Gasteiger partial charge in [-0.05, 0) is 79.3 Å². The molecule has 3 rings (SSSR count). The van der Waals surface area contributed by atoms with E-state index in [2.05, 4.69) is 43.2 Å². The molecule has 8 nitrogen and oxygen atoms in total. The predicted octanol–water partition coefficient (Wildman–Crippen LogP) is 4.98. The minimum Gasteiger partial charge on any atom is -0.463 e. The Morgan fingerprint density at radius 3 is 2.58 bits per heavy atom. The Labute approximate surface area is 193 Å². The van der Waals surface area contributed by atoms with E-state index in [1.807, 2.05) is 57.2 Å². The van der Waals surface area contributed by atoms with Crippen molar-refractivity contribution in [1.29, 1.82) is 0 Å². The summed E-state index contributed by atoms with van der Waals surface area (Å²) in [5, 5.41) is 6.79. The number of carbonyl (C=O) groups is 2. The number of anilines is 2. The number of rotatable bonds is 5. The zero-order chi connectivity index (χ0) is 22.6. The van der Waals surface area contributed by atoms with Gasteiger partial charge < -0.3 is 14.8 Å². The summed E-state index contributed by atoms with van der Waals surface area (Å²) >= 11 is 2.21. The van der Waals surface area contributed by atoms with Crippen molar-refractivity contribution < 1.29 is 19.1 Å². The van der Waals surface area contributed by atoms with Gasteiger partial charge in [0, 0.05) is 21.2 Å². The molecule has 0 aliphatic rings. The molecule has 0 spiro atoms. The third-order valence-corrected chi connectivity index (χ3v) is 4.73. The van der Waals surface area contributed by atoms with Gasteiger partial charge in [0.05, 0.1) is 12.6 Å². The van der Waals surface area contributed by atoms with Crippen molar-refractivity contribution in [2.24, 2.45) is 0 Å². The van der Waals surface area contributed by atoms with Gasteiger partial charge in [-0.2, -0.15) is 0 Å². The fraction of sp³-hybridized carbons (Fsp3) is 0.273. The highest BCUT2D eigenvalue weighted by Crippen LogP contribution is 2.24. The van der Waals surface area contributed by atoms with E-state index in [0.717, 1.165) is 14.5 Å². The summed E-state index contributed by atoms with van der Waals surface area (Å²) in [4.78, 5) is 32.6. The Morgan fingerprint density at radius 1 is 1.10 bits per heavy atom. The quantitative estimate of drug-likeness (QED) is 0.352. The maximum absolute atomic E-state index is 12.0. The topological polar surface area (TPSA) is 102 Å². The highest BCUT2D eigenvalue weighted by Gasteiger charge is 2.17. The van der Waals surface area contributed by atoms with E-state index < -0.39 is 17.7 Å². The number of esters is 1. The number of benzene rings is 2. The first-order chi connectivity index (χ1) is 14.6. The number of aromatic nitrogens is 2. The molecule has 0 unspecified atom stereocenters. The minimum atomic E-state index is -0.605. The lowest BCUT2D eigenvalue weighted by molar-refractivity contribution is 0.0585. The molecule has 0 fully saturated rings. The largest absolute Gasteiger partial charge is 0.463 e. The van der Waals surface area contributed by atoms with Crippen LogP contribution in [0.4, 0.5) is 16.3 Å². The fourth-order valence-corrected chi connectivity index (χ4v) is 3.28. The molecule has 0 radical (unpaired) electrons. The maximum Gasteiger partial charge on any atom is 0.412 e. The number of carbonyl (C=O) groups excluding carboxylic acids is 2. The highest BCUT2D eigenvalue weighted by atomic mass is 127. The molecule has 0 aliphatic carbocycles. The molecule has 162 valence electrons. The van der Waals surface area contributed by atoms with Gasteiger partial charge >= 0.3 is 12.1 Å². The van der Waals surface area contributed by atoms with Crippen LogP contribution in [0.5, 0.6) is 0 Å². The second kappa shape index (κ2) is 9.46. The van der Waals surface area contributed by atoms with Gasteiger partial charge in [-0.15, -0.1) is 0 Å². The molecule has 31 heavy (non-hydrogen) atoms. The Kier molecular flexibility index (Phi) is 6.94. The summed E-state index contributed by atoms with van der Waals surface area (Å²) in [6, 6.07) is 13.1. The van der Waals surface area contributed by atoms with E-state index in [4.69, 9.17) is 9.47 Å². The van der Waals surface area contributed by atoms with E-state index in [1.165, 1.54) is 7.11 Å². The molecular formula is C22H23IN4O4. The van der Waals surface area contributed by atoms with Crippen molar-refractivity contribution in [3.8, 4) is 0 Å². The SMILES string of the molecule is COC(=O)c1nc(NCc2cccc(NC(=O)OC(C)(C)C)c2)c2cc(I)ccc2n1. The maximum atomic E-state index is 12.0. The van der Waals surface area contributed by atoms with Crippen LogP contribution < -0.4 is 10.6 Å². The van der Waals surface area contributed by atoms with Crippen molar-refractivity contribution >= 4 is 57.1 Å². The van der Waals surface area contributed by atoms with Crippen molar-refractivity contribution in [2.75, 3.05) is 17.7 Å². The Morgan fingerprint density at radius 2 is 1.87 bits per heavy atom. The number of nitrogens with zero attached hydrogens (tertiary/aromatic N) is 2. The van der Waals surface area contributed by atoms with E-state index in [0.29, 0.717) is 23.6 Å². The zero-order valence-corrected chi connectivity index (χ0v) is 19.8. The molecule has 0 saturated heterocycles. The van der Waals surface area contributed by atoms with E-state index in [9.17, 15) is 9.59 Å². The van der Waals surface area contributed by atoms with Crippen LogP contribution >= 0.6 is 22.6 Å². The molecule has 0 saturated carbocycles. The fourth-order valence-electron chi connectivity index (χ4n) is 2.78. The summed E-state index contributed by atoms with van der Waals surface area (Å²) in [6.45, 7) is 5.84. The van der Waals surface area contributed by atoms with Gasteiger partial charge in [0.2, 0.25) is 5.82 Å². The number of ether oxygens (including phenoxy) is 2. The summed E-state index contributed by atoms with van der Waals surface area (Å²) in [5.74, 6) is -0.0967. The molecule has 3 aromatic rings. The number of fused-ring (bicyclic) bond motifs is 1. The monoisotopic (exact) mass is 534 g/mol. The van der Waals surface area contributed by atoms with E-state index in [1.54, 1.807) is 6.07 Å². The van der Waals surface area contributed by atoms with Crippen LogP contribution in [0.3, 0.4) is 0 Å². The third-order valence-electron chi connectivity index (χ3n) is 4.06. The average molecular weight is 534 g/mol. The Balaban J connectivity index is 1.81. The molecule has 1 heterocycles. The van der Waals surface area contributed by atoms with E-state index in [-0.39, 0.29) is 5.82 Å². The molecule has 0 bridgehead atoms. The second-order valence-corrected chi connectivity index (χ2v) is 8.98. The molecule has 2 N–H and O–H groups in total. The van der Waals surface area contributed by atoms with Crippen molar-refractivity contribution in [3.63, 3.8) is 0 Å². The number of amides is 1. The van der Waals surface area contributed by atoms with Gasteiger partial charge in [0.1, 0.15) is 11.4 Å². The first-order valence-electron chi connectivity index (χ1n) is 9.53. The molecule has 1 aromatic heterocycles. The van der Waals surface area contributed by atoms with Crippen molar-refractivity contribution in [1.82, 2.24) is 9.97 Å². The van der Waals surface area contributed by atoms with Crippen molar-refractivity contribution in [3.05, 3.63) is 57.4 Å². The van der Waals surface area contributed by atoms with Crippen LogP contribution in [0.25, 0.3) is 10.9 Å². The van der Waals surface area contributed by atoms with Gasteiger partial charge in [-0.1, -0.05) is 12.1 Å². The molecule has 2 aromatic carbocycles. The second-order valence-electron chi connectivity index (χ2n) is 7.73. The smallest absolute Gasteiger partial charge is 0.412 e. The summed E-state index contributed by atoms with van der Waals surface area (Å²) in [6.07, 6.45) is -0.517. The lowest BCUT2D eigenvalue weighted by Gasteiger charge is -2.19. The Bertz CT molecular complexity index is 1130. The number of halogens is 1. The Hall–Kier alpha value is -2.95. The third kappa shape index (κ3) is 6.27. The molecule has 0 atom stereocenters. The van der Waals surface area contributed by atoms with Crippen LogP contribution in [0.1, 0.15) is 37.0 Å². The predicted molar refractivity (Wildman–Crippen MR) is 127 cm³/mol. The summed E-state index contributed by atoms with van der Waals surface area (Å²) < 4.78 is 11.1.